The monoisotopic (exact) mass is 425 g/mol. The minimum atomic E-state index is -0.425. The molecule has 4 heteroatoms. The predicted octanol–water partition coefficient (Wildman–Crippen LogP) is 5.53. The van der Waals surface area contributed by atoms with Crippen LogP contribution in [0.25, 0.3) is 0 Å². The Morgan fingerprint density at radius 3 is 2.09 bits per heavy atom. The number of anilines is 1. The van der Waals surface area contributed by atoms with Crippen molar-refractivity contribution < 1.29 is 4.79 Å². The molecule has 0 fully saturated rings. The quantitative estimate of drug-likeness (QED) is 0.521. The number of carbonyl (C=O) groups is 1. The van der Waals surface area contributed by atoms with E-state index in [2.05, 4.69) is 81.1 Å². The number of hydrogen-bond donors (Lipinski definition) is 0. The number of amides is 1. The van der Waals surface area contributed by atoms with Gasteiger partial charge in [0.2, 0.25) is 5.96 Å². The fourth-order valence-electron chi connectivity index (χ4n) is 4.04. The number of carbonyl (C=O) groups excluding carboxylic acids is 1. The molecule has 1 heterocycles. The molecule has 4 nitrogen and oxygen atoms in total. The molecule has 3 aromatic rings. The Balaban J connectivity index is 1.74. The van der Waals surface area contributed by atoms with Crippen molar-refractivity contribution in [3.63, 3.8) is 0 Å². The molecule has 0 saturated carbocycles. The van der Waals surface area contributed by atoms with Crippen molar-refractivity contribution in [3.05, 3.63) is 101 Å². The van der Waals surface area contributed by atoms with E-state index >= 15 is 0 Å². The third-order valence-electron chi connectivity index (χ3n) is 6.07. The van der Waals surface area contributed by atoms with Gasteiger partial charge >= 0.3 is 0 Å². The molecule has 1 aliphatic rings. The Kier molecular flexibility index (Phi) is 6.40. The van der Waals surface area contributed by atoms with Crippen molar-refractivity contribution in [2.24, 2.45) is 4.99 Å². The van der Waals surface area contributed by atoms with Crippen LogP contribution in [0.1, 0.15) is 36.1 Å². The topological polar surface area (TPSA) is 35.9 Å². The number of aliphatic imine (C=N–C) groups is 1. The number of nitrogens with zero attached hydrogens (tertiary/aromatic N) is 3. The van der Waals surface area contributed by atoms with Crippen molar-refractivity contribution >= 4 is 17.6 Å². The van der Waals surface area contributed by atoms with E-state index in [1.54, 1.807) is 0 Å². The lowest BCUT2D eigenvalue weighted by Gasteiger charge is -2.33. The first-order valence-corrected chi connectivity index (χ1v) is 11.3. The summed E-state index contributed by atoms with van der Waals surface area (Å²) >= 11 is 0. The predicted molar refractivity (Wildman–Crippen MR) is 132 cm³/mol. The van der Waals surface area contributed by atoms with E-state index in [1.807, 2.05) is 35.2 Å². The average Bonchev–Trinajstić information content (AvgIpc) is 3.10. The second kappa shape index (κ2) is 9.39. The summed E-state index contributed by atoms with van der Waals surface area (Å²) in [5.74, 6) is 0.767. The minimum Gasteiger partial charge on any atom is -0.335 e. The lowest BCUT2D eigenvalue weighted by atomic mass is 10.1. The standard InChI is InChI=1S/C28H31N3O/c1-20(2)30(19-24-13-9-6-10-14-24)28-29-26(18-23-11-7-5-8-12-23)27(32)31(28)25-16-15-21(3)22(4)17-25/h5-17,20,26H,18-19H2,1-4H3. The highest BCUT2D eigenvalue weighted by molar-refractivity contribution is 6.22. The van der Waals surface area contributed by atoms with Crippen molar-refractivity contribution in [1.29, 1.82) is 0 Å². The van der Waals surface area contributed by atoms with Crippen molar-refractivity contribution in [1.82, 2.24) is 4.90 Å². The zero-order chi connectivity index (χ0) is 22.7. The average molecular weight is 426 g/mol. The lowest BCUT2D eigenvalue weighted by Crippen LogP contribution is -2.47. The van der Waals surface area contributed by atoms with Gasteiger partial charge < -0.3 is 4.90 Å². The zero-order valence-electron chi connectivity index (χ0n) is 19.3. The van der Waals surface area contributed by atoms with E-state index < -0.39 is 6.04 Å². The minimum absolute atomic E-state index is 0.0332. The maximum atomic E-state index is 13.7. The van der Waals surface area contributed by atoms with Crippen LogP contribution in [-0.4, -0.2) is 28.9 Å². The summed E-state index contributed by atoms with van der Waals surface area (Å²) in [6.45, 7) is 9.18. The summed E-state index contributed by atoms with van der Waals surface area (Å²) < 4.78 is 0. The molecule has 1 aliphatic heterocycles. The molecule has 0 aromatic heterocycles. The molecule has 0 bridgehead atoms. The Bertz CT molecular complexity index is 1110. The van der Waals surface area contributed by atoms with Gasteiger partial charge in [-0.2, -0.15) is 0 Å². The number of hydrogen-bond acceptors (Lipinski definition) is 3. The van der Waals surface area contributed by atoms with E-state index in [0.717, 1.165) is 17.2 Å². The Morgan fingerprint density at radius 1 is 0.875 bits per heavy atom. The van der Waals surface area contributed by atoms with Crippen LogP contribution < -0.4 is 4.90 Å². The molecular weight excluding hydrogens is 394 g/mol. The van der Waals surface area contributed by atoms with E-state index in [0.29, 0.717) is 13.0 Å². The number of guanidine groups is 1. The lowest BCUT2D eigenvalue weighted by molar-refractivity contribution is -0.118. The summed E-state index contributed by atoms with van der Waals surface area (Å²) in [7, 11) is 0. The Morgan fingerprint density at radius 2 is 1.50 bits per heavy atom. The van der Waals surface area contributed by atoms with E-state index in [9.17, 15) is 4.79 Å². The van der Waals surface area contributed by atoms with Crippen LogP contribution >= 0.6 is 0 Å². The van der Waals surface area contributed by atoms with Crippen LogP contribution in [-0.2, 0) is 17.8 Å². The molecule has 32 heavy (non-hydrogen) atoms. The maximum Gasteiger partial charge on any atom is 0.259 e. The van der Waals surface area contributed by atoms with Crippen LogP contribution in [0, 0.1) is 13.8 Å². The van der Waals surface area contributed by atoms with Gasteiger partial charge in [-0.1, -0.05) is 66.7 Å². The molecular formula is C28H31N3O. The SMILES string of the molecule is Cc1ccc(N2C(=O)C(Cc3ccccc3)N=C2N(Cc2ccccc2)C(C)C)cc1C. The van der Waals surface area contributed by atoms with Crippen molar-refractivity contribution in [2.45, 2.75) is 52.7 Å². The summed E-state index contributed by atoms with van der Waals surface area (Å²) in [5, 5.41) is 0. The Hall–Kier alpha value is -3.40. The van der Waals surface area contributed by atoms with Crippen molar-refractivity contribution in [2.75, 3.05) is 4.90 Å². The molecule has 0 spiro atoms. The van der Waals surface area contributed by atoms with Gasteiger partial charge in [0.25, 0.3) is 5.91 Å². The van der Waals surface area contributed by atoms with Gasteiger partial charge in [0.05, 0.1) is 5.69 Å². The molecule has 0 aliphatic carbocycles. The van der Waals surface area contributed by atoms with E-state index in [4.69, 9.17) is 4.99 Å². The smallest absolute Gasteiger partial charge is 0.259 e. The molecule has 1 unspecified atom stereocenters. The fraction of sp³-hybridized carbons (Fsp3) is 0.286. The highest BCUT2D eigenvalue weighted by atomic mass is 16.2. The summed E-state index contributed by atoms with van der Waals surface area (Å²) in [5.41, 5.74) is 5.58. The first-order chi connectivity index (χ1) is 15.4. The van der Waals surface area contributed by atoms with Crippen LogP contribution in [0.4, 0.5) is 5.69 Å². The van der Waals surface area contributed by atoms with Gasteiger partial charge in [-0.05, 0) is 62.1 Å². The normalized spacial score (nSPS) is 15.9. The summed E-state index contributed by atoms with van der Waals surface area (Å²) in [6.07, 6.45) is 0.599. The van der Waals surface area contributed by atoms with Gasteiger partial charge in [0.15, 0.2) is 0 Å². The van der Waals surface area contributed by atoms with Crippen LogP contribution in [0.5, 0.6) is 0 Å². The fourth-order valence-corrected chi connectivity index (χ4v) is 4.04. The highest BCUT2D eigenvalue weighted by Crippen LogP contribution is 2.28. The second-order valence-corrected chi connectivity index (χ2v) is 8.78. The molecule has 0 N–H and O–H groups in total. The van der Waals surface area contributed by atoms with Gasteiger partial charge in [0.1, 0.15) is 6.04 Å². The molecule has 1 amide bonds. The second-order valence-electron chi connectivity index (χ2n) is 8.78. The van der Waals surface area contributed by atoms with Crippen molar-refractivity contribution in [3.8, 4) is 0 Å². The summed E-state index contributed by atoms with van der Waals surface area (Å²) in [4.78, 5) is 22.7. The molecule has 4 rings (SSSR count). The number of aryl methyl sites for hydroxylation is 2. The van der Waals surface area contributed by atoms with Gasteiger partial charge in [-0.3, -0.25) is 4.79 Å². The molecule has 164 valence electrons. The third kappa shape index (κ3) is 4.59. The Labute approximate surface area is 191 Å². The number of rotatable bonds is 6. The first kappa shape index (κ1) is 21.8. The molecule has 0 radical (unpaired) electrons. The van der Waals surface area contributed by atoms with Gasteiger partial charge in [0, 0.05) is 19.0 Å². The maximum absolute atomic E-state index is 13.7. The summed E-state index contributed by atoms with van der Waals surface area (Å²) in [6, 6.07) is 26.5. The molecule has 3 aromatic carbocycles. The van der Waals surface area contributed by atoms with Gasteiger partial charge in [-0.25, -0.2) is 9.89 Å². The zero-order valence-corrected chi connectivity index (χ0v) is 19.3. The van der Waals surface area contributed by atoms with Crippen LogP contribution in [0.15, 0.2) is 83.9 Å². The van der Waals surface area contributed by atoms with E-state index in [1.165, 1.54) is 16.7 Å². The van der Waals surface area contributed by atoms with Gasteiger partial charge in [-0.15, -0.1) is 0 Å². The number of benzene rings is 3. The molecule has 1 atom stereocenters. The highest BCUT2D eigenvalue weighted by Gasteiger charge is 2.39. The third-order valence-corrected chi connectivity index (χ3v) is 6.07. The van der Waals surface area contributed by atoms with E-state index in [-0.39, 0.29) is 11.9 Å². The van der Waals surface area contributed by atoms with Crippen LogP contribution in [0.3, 0.4) is 0 Å². The largest absolute Gasteiger partial charge is 0.335 e. The van der Waals surface area contributed by atoms with Crippen LogP contribution in [0.2, 0.25) is 0 Å². The first-order valence-electron chi connectivity index (χ1n) is 11.3. The molecule has 0 saturated heterocycles.